The predicted molar refractivity (Wildman–Crippen MR) is 111 cm³/mol. The summed E-state index contributed by atoms with van der Waals surface area (Å²) in [7, 11) is -4.22. The Morgan fingerprint density at radius 3 is 2.58 bits per heavy atom. The Balaban J connectivity index is 1.91. The van der Waals surface area contributed by atoms with Crippen LogP contribution in [0.2, 0.25) is 5.02 Å². The predicted octanol–water partition coefficient (Wildman–Crippen LogP) is 3.73. The topological polar surface area (TPSA) is 75.7 Å². The van der Waals surface area contributed by atoms with E-state index in [0.717, 1.165) is 12.1 Å². The standard InChI is InChI=1S/C21H21ClF2N2O4S/c1-2-25-20(27)26-10-9-21(31(28,29)15-5-3-14(22)4-6-15)13(11-26)12-30-19-17(24)8-7-16(23)18(19)21/h3-8,13H,2,9-12H2,1H3,(H,25,27)/t13-,21+/m1/s1. The van der Waals surface area contributed by atoms with Gasteiger partial charge in [0.25, 0.3) is 0 Å². The molecule has 0 spiro atoms. The molecule has 6 nitrogen and oxygen atoms in total. The molecule has 1 N–H and O–H groups in total. The third-order valence-electron chi connectivity index (χ3n) is 5.98. The minimum absolute atomic E-state index is 0.0219. The fourth-order valence-corrected chi connectivity index (χ4v) is 6.98. The molecule has 2 aromatic carbocycles. The Morgan fingerprint density at radius 2 is 1.90 bits per heavy atom. The van der Waals surface area contributed by atoms with Gasteiger partial charge in [0.1, 0.15) is 10.6 Å². The van der Waals surface area contributed by atoms with Crippen LogP contribution in [0.1, 0.15) is 18.9 Å². The number of nitrogens with one attached hydrogen (secondary N) is 1. The molecule has 1 saturated heterocycles. The van der Waals surface area contributed by atoms with Gasteiger partial charge in [-0.25, -0.2) is 22.0 Å². The van der Waals surface area contributed by atoms with E-state index in [9.17, 15) is 17.6 Å². The Bertz CT molecular complexity index is 1130. The minimum Gasteiger partial charge on any atom is -0.490 e. The van der Waals surface area contributed by atoms with Gasteiger partial charge in [-0.1, -0.05) is 11.6 Å². The van der Waals surface area contributed by atoms with Crippen molar-refractivity contribution in [3.8, 4) is 5.75 Å². The molecule has 0 radical (unpaired) electrons. The van der Waals surface area contributed by atoms with Crippen molar-refractivity contribution in [2.24, 2.45) is 5.92 Å². The fourth-order valence-electron chi connectivity index (χ4n) is 4.54. The lowest BCUT2D eigenvalue weighted by Gasteiger charge is -2.49. The van der Waals surface area contributed by atoms with E-state index in [-0.39, 0.29) is 48.4 Å². The van der Waals surface area contributed by atoms with E-state index in [4.69, 9.17) is 16.3 Å². The number of urea groups is 1. The number of piperidine rings is 1. The van der Waals surface area contributed by atoms with Crippen LogP contribution >= 0.6 is 11.6 Å². The van der Waals surface area contributed by atoms with Crippen LogP contribution in [-0.4, -0.2) is 45.6 Å². The molecule has 2 heterocycles. The van der Waals surface area contributed by atoms with Crippen LogP contribution in [0.3, 0.4) is 0 Å². The van der Waals surface area contributed by atoms with E-state index < -0.39 is 32.1 Å². The number of nitrogens with zero attached hydrogens (tertiary/aromatic N) is 1. The Labute approximate surface area is 184 Å². The van der Waals surface area contributed by atoms with Crippen LogP contribution in [0.15, 0.2) is 41.3 Å². The SMILES string of the molecule is CCNC(=O)N1CC[C@@]2(S(=O)(=O)c3ccc(Cl)cc3)c3c(F)ccc(F)c3OC[C@H]2C1. The maximum absolute atomic E-state index is 15.1. The Kier molecular flexibility index (Phi) is 5.59. The van der Waals surface area contributed by atoms with Crippen molar-refractivity contribution in [3.05, 3.63) is 58.6 Å². The summed E-state index contributed by atoms with van der Waals surface area (Å²) in [5.74, 6) is -2.87. The molecule has 2 aliphatic heterocycles. The van der Waals surface area contributed by atoms with Crippen molar-refractivity contribution < 1.29 is 26.7 Å². The van der Waals surface area contributed by atoms with Crippen molar-refractivity contribution >= 4 is 27.5 Å². The molecular weight excluding hydrogens is 450 g/mol. The van der Waals surface area contributed by atoms with Crippen molar-refractivity contribution in [1.29, 1.82) is 0 Å². The molecule has 0 aliphatic carbocycles. The van der Waals surface area contributed by atoms with Crippen molar-refractivity contribution in [1.82, 2.24) is 10.2 Å². The zero-order valence-corrected chi connectivity index (χ0v) is 18.3. The van der Waals surface area contributed by atoms with Crippen molar-refractivity contribution in [2.75, 3.05) is 26.2 Å². The lowest BCUT2D eigenvalue weighted by Crippen LogP contribution is -2.60. The highest BCUT2D eigenvalue weighted by Gasteiger charge is 2.60. The second kappa shape index (κ2) is 7.94. The number of carbonyl (C=O) groups excluding carboxylic acids is 1. The summed E-state index contributed by atoms with van der Waals surface area (Å²) in [6.07, 6.45) is -0.101. The molecule has 1 fully saturated rings. The molecular formula is C21H21ClF2N2O4S. The molecule has 2 aliphatic rings. The third-order valence-corrected chi connectivity index (χ3v) is 8.83. The number of amides is 2. The molecule has 2 amide bonds. The number of sulfone groups is 1. The lowest BCUT2D eigenvalue weighted by molar-refractivity contribution is 0.0825. The fraction of sp³-hybridized carbons (Fsp3) is 0.381. The summed E-state index contributed by atoms with van der Waals surface area (Å²) >= 11 is 5.92. The number of rotatable bonds is 3. The molecule has 31 heavy (non-hydrogen) atoms. The van der Waals surface area contributed by atoms with Gasteiger partial charge in [0.05, 0.1) is 17.1 Å². The average molecular weight is 471 g/mol. The maximum Gasteiger partial charge on any atom is 0.317 e. The molecule has 0 saturated carbocycles. The van der Waals surface area contributed by atoms with Gasteiger partial charge in [-0.3, -0.25) is 0 Å². The number of benzene rings is 2. The summed E-state index contributed by atoms with van der Waals surface area (Å²) in [5.41, 5.74) is -0.311. The summed E-state index contributed by atoms with van der Waals surface area (Å²) in [4.78, 5) is 13.8. The molecule has 0 unspecified atom stereocenters. The molecule has 2 aromatic rings. The summed E-state index contributed by atoms with van der Waals surface area (Å²) in [5, 5.41) is 3.04. The zero-order valence-electron chi connectivity index (χ0n) is 16.7. The van der Waals surface area contributed by atoms with Gasteiger partial charge in [-0.15, -0.1) is 0 Å². The smallest absolute Gasteiger partial charge is 0.317 e. The van der Waals surface area contributed by atoms with E-state index in [0.29, 0.717) is 11.6 Å². The van der Waals surface area contributed by atoms with E-state index in [1.165, 1.54) is 29.2 Å². The second-order valence-electron chi connectivity index (χ2n) is 7.62. The summed E-state index contributed by atoms with van der Waals surface area (Å²) in [6, 6.07) is 7.07. The van der Waals surface area contributed by atoms with Crippen LogP contribution in [-0.2, 0) is 14.6 Å². The van der Waals surface area contributed by atoms with Gasteiger partial charge >= 0.3 is 6.03 Å². The number of carbonyl (C=O) groups is 1. The van der Waals surface area contributed by atoms with E-state index in [2.05, 4.69) is 5.32 Å². The normalized spacial score (nSPS) is 22.8. The van der Waals surface area contributed by atoms with Gasteiger partial charge in [0, 0.05) is 30.6 Å². The van der Waals surface area contributed by atoms with Crippen molar-refractivity contribution in [2.45, 2.75) is 23.0 Å². The molecule has 10 heteroatoms. The number of fused-ring (bicyclic) bond motifs is 3. The number of hydrogen-bond acceptors (Lipinski definition) is 4. The van der Waals surface area contributed by atoms with Gasteiger partial charge in [0.2, 0.25) is 0 Å². The number of likely N-dealkylation sites (tertiary alicyclic amines) is 1. The molecule has 4 rings (SSSR count). The highest BCUT2D eigenvalue weighted by atomic mass is 35.5. The van der Waals surface area contributed by atoms with Crippen molar-refractivity contribution in [3.63, 3.8) is 0 Å². The second-order valence-corrected chi connectivity index (χ2v) is 10.3. The van der Waals surface area contributed by atoms with Crippen LogP contribution in [0.4, 0.5) is 13.6 Å². The molecule has 166 valence electrons. The highest BCUT2D eigenvalue weighted by Crippen LogP contribution is 2.54. The van der Waals surface area contributed by atoms with E-state index >= 15 is 4.39 Å². The summed E-state index contributed by atoms with van der Waals surface area (Å²) < 4.78 is 61.4. The van der Waals surface area contributed by atoms with Crippen LogP contribution < -0.4 is 10.1 Å². The van der Waals surface area contributed by atoms with Gasteiger partial charge in [0.15, 0.2) is 21.4 Å². The summed E-state index contributed by atoms with van der Waals surface area (Å²) in [6.45, 7) is 2.09. The zero-order chi connectivity index (χ0) is 22.4. The first-order valence-electron chi connectivity index (χ1n) is 9.86. The third kappa shape index (κ3) is 3.34. The van der Waals surface area contributed by atoms with E-state index in [1.54, 1.807) is 6.92 Å². The quantitative estimate of drug-likeness (QED) is 0.741. The Hall–Kier alpha value is -2.39. The Morgan fingerprint density at radius 1 is 1.23 bits per heavy atom. The van der Waals surface area contributed by atoms with Gasteiger partial charge in [-0.2, -0.15) is 0 Å². The minimum atomic E-state index is -4.22. The maximum atomic E-state index is 15.1. The number of halogens is 3. The van der Waals surface area contributed by atoms with Crippen LogP contribution in [0, 0.1) is 17.6 Å². The first-order chi connectivity index (χ1) is 14.7. The van der Waals surface area contributed by atoms with Gasteiger partial charge in [-0.05, 0) is 49.7 Å². The number of ether oxygens (including phenoxy) is 1. The average Bonchev–Trinajstić information content (AvgIpc) is 2.75. The van der Waals surface area contributed by atoms with E-state index in [1.807, 2.05) is 0 Å². The highest BCUT2D eigenvalue weighted by molar-refractivity contribution is 7.92. The van der Waals surface area contributed by atoms with Crippen LogP contribution in [0.5, 0.6) is 5.75 Å². The first kappa shape index (κ1) is 21.8. The molecule has 0 bridgehead atoms. The van der Waals surface area contributed by atoms with Gasteiger partial charge < -0.3 is 15.0 Å². The lowest BCUT2D eigenvalue weighted by atomic mass is 9.77. The largest absolute Gasteiger partial charge is 0.490 e. The molecule has 2 atom stereocenters. The first-order valence-corrected chi connectivity index (χ1v) is 11.7. The number of hydrogen-bond donors (Lipinski definition) is 1. The molecule has 0 aromatic heterocycles. The monoisotopic (exact) mass is 470 g/mol. The van der Waals surface area contributed by atoms with Crippen LogP contribution in [0.25, 0.3) is 0 Å².